The van der Waals surface area contributed by atoms with E-state index in [0.717, 1.165) is 10.5 Å². The highest BCUT2D eigenvalue weighted by atomic mass is 35.5. The Morgan fingerprint density at radius 3 is 2.54 bits per heavy atom. The standard InChI is InChI=1S/C19H16ClN5O3/c1-11-4-2-3-5-14(11)21-15(26)10-24-17-16(22-23-24)18(27)25(19(17)28)13-8-6-12(20)7-9-13/h2-9,16-17H,10H2,1H3,(H,21,26)/t16-,17+/m1/s1. The second-order valence-electron chi connectivity index (χ2n) is 6.54. The van der Waals surface area contributed by atoms with Crippen molar-refractivity contribution in [3.63, 3.8) is 0 Å². The fourth-order valence-electron chi connectivity index (χ4n) is 3.25. The summed E-state index contributed by atoms with van der Waals surface area (Å²) in [6.45, 7) is 1.69. The molecule has 1 saturated heterocycles. The van der Waals surface area contributed by atoms with Crippen LogP contribution in [0.4, 0.5) is 11.4 Å². The molecule has 2 aliphatic rings. The van der Waals surface area contributed by atoms with Crippen LogP contribution in [-0.4, -0.2) is 41.4 Å². The number of anilines is 2. The number of fused-ring (bicyclic) bond motifs is 1. The van der Waals surface area contributed by atoms with Gasteiger partial charge in [0.05, 0.1) is 5.69 Å². The number of nitrogens with zero attached hydrogens (tertiary/aromatic N) is 4. The number of hydrogen-bond donors (Lipinski definition) is 1. The lowest BCUT2D eigenvalue weighted by atomic mass is 10.1. The van der Waals surface area contributed by atoms with E-state index in [0.29, 0.717) is 16.4 Å². The van der Waals surface area contributed by atoms with Gasteiger partial charge in [-0.3, -0.25) is 19.4 Å². The van der Waals surface area contributed by atoms with Crippen LogP contribution < -0.4 is 10.2 Å². The quantitative estimate of drug-likeness (QED) is 0.802. The number of nitrogens with one attached hydrogen (secondary N) is 1. The second-order valence-corrected chi connectivity index (χ2v) is 6.98. The van der Waals surface area contributed by atoms with Gasteiger partial charge in [-0.25, -0.2) is 4.90 Å². The van der Waals surface area contributed by atoms with Crippen LogP contribution in [0.2, 0.25) is 5.02 Å². The first-order valence-electron chi connectivity index (χ1n) is 8.62. The van der Waals surface area contributed by atoms with Crippen molar-refractivity contribution in [2.45, 2.75) is 19.0 Å². The molecular weight excluding hydrogens is 382 g/mol. The predicted octanol–water partition coefficient (Wildman–Crippen LogP) is 2.58. The number of hydrogen-bond acceptors (Lipinski definition) is 6. The fraction of sp³-hybridized carbons (Fsp3) is 0.211. The van der Waals surface area contributed by atoms with Gasteiger partial charge in [-0.15, -0.1) is 0 Å². The van der Waals surface area contributed by atoms with E-state index in [9.17, 15) is 14.4 Å². The van der Waals surface area contributed by atoms with Gasteiger partial charge in [0, 0.05) is 10.7 Å². The molecule has 0 unspecified atom stereocenters. The lowest BCUT2D eigenvalue weighted by molar-refractivity contribution is -0.123. The molecule has 1 fully saturated rings. The number of para-hydroxylation sites is 1. The van der Waals surface area contributed by atoms with Gasteiger partial charge in [-0.05, 0) is 42.8 Å². The molecule has 3 amide bonds. The van der Waals surface area contributed by atoms with Crippen LogP contribution in [-0.2, 0) is 14.4 Å². The molecule has 0 radical (unpaired) electrons. The molecule has 2 aromatic rings. The van der Waals surface area contributed by atoms with Gasteiger partial charge >= 0.3 is 0 Å². The summed E-state index contributed by atoms with van der Waals surface area (Å²) >= 11 is 5.87. The maximum absolute atomic E-state index is 12.9. The third-order valence-corrected chi connectivity index (χ3v) is 4.92. The molecule has 0 bridgehead atoms. The Hall–Kier alpha value is -3.26. The van der Waals surface area contributed by atoms with Crippen LogP contribution in [0.5, 0.6) is 0 Å². The number of carbonyl (C=O) groups is 3. The van der Waals surface area contributed by atoms with Crippen molar-refractivity contribution in [1.82, 2.24) is 5.01 Å². The van der Waals surface area contributed by atoms with Crippen LogP contribution in [0.15, 0.2) is 58.9 Å². The van der Waals surface area contributed by atoms with E-state index in [4.69, 9.17) is 11.6 Å². The van der Waals surface area contributed by atoms with Crippen molar-refractivity contribution in [2.24, 2.45) is 10.3 Å². The molecule has 8 nitrogen and oxygen atoms in total. The normalized spacial score (nSPS) is 20.6. The maximum Gasteiger partial charge on any atom is 0.263 e. The summed E-state index contributed by atoms with van der Waals surface area (Å²) in [4.78, 5) is 39.0. The summed E-state index contributed by atoms with van der Waals surface area (Å²) < 4.78 is 0. The Balaban J connectivity index is 1.49. The van der Waals surface area contributed by atoms with Crippen molar-refractivity contribution in [3.05, 3.63) is 59.1 Å². The van der Waals surface area contributed by atoms with Crippen LogP contribution in [0, 0.1) is 6.92 Å². The van der Waals surface area contributed by atoms with Crippen molar-refractivity contribution in [3.8, 4) is 0 Å². The highest BCUT2D eigenvalue weighted by molar-refractivity contribution is 6.31. The SMILES string of the molecule is Cc1ccccc1NC(=O)CN1N=N[C@H]2C(=O)N(c3ccc(Cl)cc3)C(=O)[C@H]21. The van der Waals surface area contributed by atoms with Crippen molar-refractivity contribution in [1.29, 1.82) is 0 Å². The van der Waals surface area contributed by atoms with Gasteiger partial charge in [-0.2, -0.15) is 5.11 Å². The predicted molar refractivity (Wildman–Crippen MR) is 103 cm³/mol. The lowest BCUT2D eigenvalue weighted by Gasteiger charge is -2.20. The Labute approximate surface area is 165 Å². The number of aryl methyl sites for hydroxylation is 1. The number of benzene rings is 2. The average Bonchev–Trinajstić information content (AvgIpc) is 3.18. The van der Waals surface area contributed by atoms with E-state index >= 15 is 0 Å². The molecule has 9 heteroatoms. The number of amides is 3. The number of carbonyl (C=O) groups excluding carboxylic acids is 3. The van der Waals surface area contributed by atoms with Gasteiger partial charge in [-0.1, -0.05) is 35.0 Å². The largest absolute Gasteiger partial charge is 0.324 e. The van der Waals surface area contributed by atoms with Gasteiger partial charge in [0.15, 0.2) is 12.1 Å². The third-order valence-electron chi connectivity index (χ3n) is 4.67. The van der Waals surface area contributed by atoms with Gasteiger partial charge in [0.25, 0.3) is 11.8 Å². The average molecular weight is 398 g/mol. The van der Waals surface area contributed by atoms with Gasteiger partial charge < -0.3 is 5.32 Å². The van der Waals surface area contributed by atoms with E-state index in [-0.39, 0.29) is 12.5 Å². The molecule has 0 saturated carbocycles. The number of halogens is 1. The smallest absolute Gasteiger partial charge is 0.263 e. The summed E-state index contributed by atoms with van der Waals surface area (Å²) in [5.41, 5.74) is 2.00. The number of imide groups is 1. The lowest BCUT2D eigenvalue weighted by Crippen LogP contribution is -2.43. The topological polar surface area (TPSA) is 94.4 Å². The Bertz CT molecular complexity index is 991. The van der Waals surface area contributed by atoms with Crippen molar-refractivity contribution >= 4 is 40.7 Å². The van der Waals surface area contributed by atoms with Crippen LogP contribution >= 0.6 is 11.6 Å². The van der Waals surface area contributed by atoms with Crippen molar-refractivity contribution in [2.75, 3.05) is 16.8 Å². The first-order chi connectivity index (χ1) is 13.5. The van der Waals surface area contributed by atoms with E-state index in [1.807, 2.05) is 25.1 Å². The van der Waals surface area contributed by atoms with E-state index < -0.39 is 23.9 Å². The molecule has 0 aliphatic carbocycles. The first kappa shape index (κ1) is 18.1. The molecule has 2 aromatic carbocycles. The zero-order valence-corrected chi connectivity index (χ0v) is 15.6. The summed E-state index contributed by atoms with van der Waals surface area (Å²) in [5, 5.41) is 12.3. The molecule has 0 aromatic heterocycles. The minimum atomic E-state index is -0.950. The maximum atomic E-state index is 12.9. The van der Waals surface area contributed by atoms with Gasteiger partial charge in [0.2, 0.25) is 5.91 Å². The monoisotopic (exact) mass is 397 g/mol. The number of rotatable bonds is 4. The molecular formula is C19H16ClN5O3. The second kappa shape index (κ2) is 7.05. The van der Waals surface area contributed by atoms with Crippen LogP contribution in [0.1, 0.15) is 5.56 Å². The molecule has 0 spiro atoms. The molecule has 2 atom stereocenters. The Morgan fingerprint density at radius 2 is 1.82 bits per heavy atom. The fourth-order valence-corrected chi connectivity index (χ4v) is 3.37. The summed E-state index contributed by atoms with van der Waals surface area (Å²) in [7, 11) is 0. The summed E-state index contributed by atoms with van der Waals surface area (Å²) in [5.74, 6) is -1.28. The van der Waals surface area contributed by atoms with E-state index in [1.165, 1.54) is 5.01 Å². The third kappa shape index (κ3) is 3.11. The zero-order chi connectivity index (χ0) is 19.8. The highest BCUT2D eigenvalue weighted by Crippen LogP contribution is 2.32. The minimum absolute atomic E-state index is 0.188. The molecule has 4 rings (SSSR count). The highest BCUT2D eigenvalue weighted by Gasteiger charge is 2.55. The molecule has 28 heavy (non-hydrogen) atoms. The van der Waals surface area contributed by atoms with Crippen LogP contribution in [0.3, 0.4) is 0 Å². The molecule has 142 valence electrons. The zero-order valence-electron chi connectivity index (χ0n) is 14.9. The summed E-state index contributed by atoms with van der Waals surface area (Å²) in [6.07, 6.45) is 0. The van der Waals surface area contributed by atoms with Crippen molar-refractivity contribution < 1.29 is 14.4 Å². The van der Waals surface area contributed by atoms with E-state index in [1.54, 1.807) is 30.3 Å². The first-order valence-corrected chi connectivity index (χ1v) is 9.00. The van der Waals surface area contributed by atoms with Crippen LogP contribution in [0.25, 0.3) is 0 Å². The molecule has 2 heterocycles. The minimum Gasteiger partial charge on any atom is -0.324 e. The molecule has 2 aliphatic heterocycles. The summed E-state index contributed by atoms with van der Waals surface area (Å²) in [6, 6.07) is 11.9. The molecule has 1 N–H and O–H groups in total. The Kier molecular flexibility index (Phi) is 4.56. The Morgan fingerprint density at radius 1 is 1.11 bits per heavy atom. The van der Waals surface area contributed by atoms with E-state index in [2.05, 4.69) is 15.7 Å². The van der Waals surface area contributed by atoms with Gasteiger partial charge in [0.1, 0.15) is 6.54 Å².